The summed E-state index contributed by atoms with van der Waals surface area (Å²) in [6.07, 6.45) is 2.06. The molecule has 0 aliphatic carbocycles. The van der Waals surface area contributed by atoms with Crippen molar-refractivity contribution in [1.29, 1.82) is 0 Å². The number of fused-ring (bicyclic) bond motifs is 1. The molecule has 11 nitrogen and oxygen atoms in total. The van der Waals surface area contributed by atoms with E-state index in [0.29, 0.717) is 41.2 Å². The minimum atomic E-state index is -0.650. The Labute approximate surface area is 323 Å². The summed E-state index contributed by atoms with van der Waals surface area (Å²) in [5, 5.41) is 8.43. The summed E-state index contributed by atoms with van der Waals surface area (Å²) in [4.78, 5) is 69.3. The minimum Gasteiger partial charge on any atom is -0.465 e. The first kappa shape index (κ1) is 39.8. The summed E-state index contributed by atoms with van der Waals surface area (Å²) in [6.45, 7) is 9.85. The lowest BCUT2D eigenvalue weighted by Gasteiger charge is -2.30. The molecule has 2 heterocycles. The molecule has 1 aliphatic heterocycles. The van der Waals surface area contributed by atoms with Gasteiger partial charge < -0.3 is 30.3 Å². The van der Waals surface area contributed by atoms with Crippen LogP contribution >= 0.6 is 23.1 Å². The highest BCUT2D eigenvalue weighted by Crippen LogP contribution is 2.39. The molecule has 1 atom stereocenters. The van der Waals surface area contributed by atoms with Gasteiger partial charge in [-0.15, -0.1) is 23.1 Å². The summed E-state index contributed by atoms with van der Waals surface area (Å²) in [5.41, 5.74) is 3.09. The summed E-state index contributed by atoms with van der Waals surface area (Å²) < 4.78 is 10.6. The molecule has 4 amide bonds. The van der Waals surface area contributed by atoms with Crippen LogP contribution in [0.25, 0.3) is 6.08 Å². The second kappa shape index (κ2) is 17.6. The van der Waals surface area contributed by atoms with Crippen molar-refractivity contribution in [1.82, 2.24) is 10.2 Å². The summed E-state index contributed by atoms with van der Waals surface area (Å²) in [7, 11) is 1.29. The molecular formula is C41H44N4O7S2. The standard InChI is InChI=1S/C41H44N4O7S2/c1-7-32(37(48)44-38-34(39(49)51-6)30-19-20-45(24-33(30)54-38)40(50)52-41(3,4)5)53-29-18-12-17-28(23-29)42-36(47)31(22-26-14-11-13-25(2)21-26)43-35(46)27-15-9-8-10-16-27/h8-18,21-23,32H,7,19-20,24H2,1-6H3,(H,42,47)(H,43,46)(H,44,48)/b31-22+. The number of aryl methyl sites for hydroxylation is 1. The number of hydrogen-bond acceptors (Lipinski definition) is 9. The van der Waals surface area contributed by atoms with E-state index in [1.807, 2.05) is 50.2 Å². The van der Waals surface area contributed by atoms with Crippen molar-refractivity contribution in [3.63, 3.8) is 0 Å². The van der Waals surface area contributed by atoms with Gasteiger partial charge in [0.05, 0.1) is 24.5 Å². The number of anilines is 2. The maximum Gasteiger partial charge on any atom is 0.410 e. The first-order valence-corrected chi connectivity index (χ1v) is 19.2. The Morgan fingerprint density at radius 1 is 0.963 bits per heavy atom. The number of esters is 1. The molecular weight excluding hydrogens is 725 g/mol. The van der Waals surface area contributed by atoms with Crippen molar-refractivity contribution in [2.24, 2.45) is 0 Å². The average Bonchev–Trinajstić information content (AvgIpc) is 3.49. The number of hydrogen-bond donors (Lipinski definition) is 3. The van der Waals surface area contributed by atoms with Gasteiger partial charge in [-0.25, -0.2) is 9.59 Å². The second-order valence-corrected chi connectivity index (χ2v) is 16.0. The largest absolute Gasteiger partial charge is 0.465 e. The molecule has 3 aromatic carbocycles. The Balaban J connectivity index is 1.31. The zero-order chi connectivity index (χ0) is 39.0. The quantitative estimate of drug-likeness (QED) is 0.0791. The number of carbonyl (C=O) groups is 5. The fourth-order valence-corrected chi connectivity index (χ4v) is 7.95. The van der Waals surface area contributed by atoms with Crippen molar-refractivity contribution in [2.75, 3.05) is 24.3 Å². The number of carbonyl (C=O) groups excluding carboxylic acids is 5. The summed E-state index contributed by atoms with van der Waals surface area (Å²) in [5.74, 6) is -1.81. The van der Waals surface area contributed by atoms with Crippen molar-refractivity contribution in [3.8, 4) is 0 Å². The molecule has 54 heavy (non-hydrogen) atoms. The van der Waals surface area contributed by atoms with E-state index in [1.165, 1.54) is 30.2 Å². The molecule has 5 rings (SSSR count). The van der Waals surface area contributed by atoms with E-state index in [0.717, 1.165) is 26.5 Å². The van der Waals surface area contributed by atoms with Gasteiger partial charge in [0.15, 0.2) is 0 Å². The zero-order valence-electron chi connectivity index (χ0n) is 31.1. The van der Waals surface area contributed by atoms with E-state index in [1.54, 1.807) is 74.2 Å². The molecule has 0 spiro atoms. The van der Waals surface area contributed by atoms with Crippen LogP contribution in [0.4, 0.5) is 15.5 Å². The predicted molar refractivity (Wildman–Crippen MR) is 213 cm³/mol. The highest BCUT2D eigenvalue weighted by atomic mass is 32.2. The number of methoxy groups -OCH3 is 1. The molecule has 0 saturated carbocycles. The molecule has 4 aromatic rings. The fourth-order valence-electron chi connectivity index (χ4n) is 5.69. The number of thioether (sulfide) groups is 1. The van der Waals surface area contributed by atoms with Gasteiger partial charge in [0, 0.05) is 27.6 Å². The van der Waals surface area contributed by atoms with Crippen LogP contribution in [0.3, 0.4) is 0 Å². The number of ether oxygens (including phenoxy) is 2. The molecule has 282 valence electrons. The Hall–Kier alpha value is -5.40. The van der Waals surface area contributed by atoms with Gasteiger partial charge in [-0.05, 0) is 88.1 Å². The maximum absolute atomic E-state index is 13.7. The molecule has 0 bridgehead atoms. The Bertz CT molecular complexity index is 2070. The molecule has 0 saturated heterocycles. The maximum atomic E-state index is 13.7. The third-order valence-corrected chi connectivity index (χ3v) is 10.7. The summed E-state index contributed by atoms with van der Waals surface area (Å²) >= 11 is 2.56. The first-order valence-electron chi connectivity index (χ1n) is 17.5. The lowest BCUT2D eigenvalue weighted by atomic mass is 10.0. The number of rotatable bonds is 11. The predicted octanol–water partition coefficient (Wildman–Crippen LogP) is 8.06. The highest BCUT2D eigenvalue weighted by molar-refractivity contribution is 8.00. The van der Waals surface area contributed by atoms with Gasteiger partial charge in [-0.3, -0.25) is 14.4 Å². The van der Waals surface area contributed by atoms with Crippen LogP contribution in [0.5, 0.6) is 0 Å². The van der Waals surface area contributed by atoms with Crippen LogP contribution in [-0.2, 0) is 32.0 Å². The lowest BCUT2D eigenvalue weighted by molar-refractivity contribution is -0.116. The normalized spacial score (nSPS) is 13.3. The lowest BCUT2D eigenvalue weighted by Crippen LogP contribution is -2.39. The molecule has 0 fully saturated rings. The fraction of sp³-hybridized carbons (Fsp3) is 0.293. The van der Waals surface area contributed by atoms with Gasteiger partial charge in [-0.1, -0.05) is 61.0 Å². The number of nitrogens with zero attached hydrogens (tertiary/aromatic N) is 1. The monoisotopic (exact) mass is 768 g/mol. The van der Waals surface area contributed by atoms with Crippen molar-refractivity contribution >= 4 is 69.6 Å². The van der Waals surface area contributed by atoms with Gasteiger partial charge in [-0.2, -0.15) is 0 Å². The van der Waals surface area contributed by atoms with Crippen LogP contribution in [0.15, 0.2) is 89.5 Å². The van der Waals surface area contributed by atoms with Crippen LogP contribution < -0.4 is 16.0 Å². The Kier molecular flexibility index (Phi) is 13.0. The highest BCUT2D eigenvalue weighted by Gasteiger charge is 2.33. The van der Waals surface area contributed by atoms with Crippen LogP contribution in [-0.4, -0.2) is 59.2 Å². The number of benzene rings is 3. The third kappa shape index (κ3) is 10.4. The van der Waals surface area contributed by atoms with Crippen LogP contribution in [0, 0.1) is 6.92 Å². The average molecular weight is 769 g/mol. The van der Waals surface area contributed by atoms with Gasteiger partial charge in [0.1, 0.15) is 16.3 Å². The summed E-state index contributed by atoms with van der Waals surface area (Å²) in [6, 6.07) is 23.3. The van der Waals surface area contributed by atoms with Crippen molar-refractivity contribution in [3.05, 3.63) is 117 Å². The molecule has 1 aromatic heterocycles. The topological polar surface area (TPSA) is 143 Å². The van der Waals surface area contributed by atoms with Crippen molar-refractivity contribution in [2.45, 2.75) is 69.8 Å². The SMILES string of the molecule is CCC(Sc1cccc(NC(=O)/C(=C\c2cccc(C)c2)NC(=O)c2ccccc2)c1)C(=O)Nc1sc2c(c1C(=O)OC)CCN(C(=O)OC(C)(C)C)C2. The van der Waals surface area contributed by atoms with Crippen LogP contribution in [0.2, 0.25) is 0 Å². The molecule has 3 N–H and O–H groups in total. The molecule has 13 heteroatoms. The smallest absolute Gasteiger partial charge is 0.410 e. The third-order valence-electron chi connectivity index (χ3n) is 8.25. The zero-order valence-corrected chi connectivity index (χ0v) is 32.7. The number of thiophene rings is 1. The van der Waals surface area contributed by atoms with Gasteiger partial charge >= 0.3 is 12.1 Å². The van der Waals surface area contributed by atoms with E-state index in [9.17, 15) is 24.0 Å². The minimum absolute atomic E-state index is 0.0626. The second-order valence-electron chi connectivity index (χ2n) is 13.6. The number of nitrogens with one attached hydrogen (secondary N) is 3. The van der Waals surface area contributed by atoms with E-state index < -0.39 is 34.7 Å². The van der Waals surface area contributed by atoms with E-state index >= 15 is 0 Å². The van der Waals surface area contributed by atoms with E-state index in [-0.39, 0.29) is 18.1 Å². The molecule has 1 unspecified atom stereocenters. The molecule has 1 aliphatic rings. The van der Waals surface area contributed by atoms with Crippen molar-refractivity contribution < 1.29 is 33.4 Å². The van der Waals surface area contributed by atoms with E-state index in [4.69, 9.17) is 9.47 Å². The number of amides is 4. The molecule has 0 radical (unpaired) electrons. The Morgan fingerprint density at radius 2 is 1.70 bits per heavy atom. The van der Waals surface area contributed by atoms with E-state index in [2.05, 4.69) is 16.0 Å². The first-order chi connectivity index (χ1) is 25.7. The van der Waals surface area contributed by atoms with Gasteiger partial charge in [0.25, 0.3) is 11.8 Å². The van der Waals surface area contributed by atoms with Gasteiger partial charge in [0.2, 0.25) is 5.91 Å². The van der Waals surface area contributed by atoms with Crippen LogP contribution in [0.1, 0.15) is 76.4 Å². The Morgan fingerprint density at radius 3 is 2.39 bits per heavy atom.